The van der Waals surface area contributed by atoms with Crippen LogP contribution in [0.4, 0.5) is 0 Å². The SMILES string of the molecule is CC(O)c1ccc2c(c1)ncn2-c1cccc(-c2cc(C#N)ccc2Cl)c1. The molecule has 1 N–H and O–H groups in total. The smallest absolute Gasteiger partial charge is 0.100 e. The van der Waals surface area contributed by atoms with Crippen molar-refractivity contribution >= 4 is 22.6 Å². The molecule has 5 heteroatoms. The second-order valence-corrected chi connectivity index (χ2v) is 6.80. The van der Waals surface area contributed by atoms with Gasteiger partial charge in [0.05, 0.1) is 28.8 Å². The molecule has 0 amide bonds. The minimum Gasteiger partial charge on any atom is -0.389 e. The Hall–Kier alpha value is -3.13. The summed E-state index contributed by atoms with van der Waals surface area (Å²) in [5.41, 5.74) is 5.87. The second-order valence-electron chi connectivity index (χ2n) is 6.40. The molecule has 4 nitrogen and oxygen atoms in total. The molecule has 0 saturated carbocycles. The third-order valence-corrected chi connectivity index (χ3v) is 4.91. The first-order valence-corrected chi connectivity index (χ1v) is 8.90. The molecule has 1 heterocycles. The largest absolute Gasteiger partial charge is 0.389 e. The van der Waals surface area contributed by atoms with E-state index < -0.39 is 6.10 Å². The number of nitrogens with zero attached hydrogens (tertiary/aromatic N) is 3. The number of fused-ring (bicyclic) bond motifs is 1. The van der Waals surface area contributed by atoms with Crippen molar-refractivity contribution in [1.82, 2.24) is 9.55 Å². The lowest BCUT2D eigenvalue weighted by Gasteiger charge is -2.10. The second kappa shape index (κ2) is 6.88. The maximum absolute atomic E-state index is 9.77. The molecule has 0 spiro atoms. The standard InChI is InChI=1S/C22H16ClN3O/c1-14(27)16-6-8-22-21(11-16)25-13-26(22)18-4-2-3-17(10-18)19-9-15(12-24)5-7-20(19)23/h2-11,13-14,27H,1H3. The summed E-state index contributed by atoms with van der Waals surface area (Å²) in [7, 11) is 0. The Morgan fingerprint density at radius 2 is 1.96 bits per heavy atom. The molecule has 0 aliphatic heterocycles. The van der Waals surface area contributed by atoms with Crippen LogP contribution in [0.1, 0.15) is 24.2 Å². The Bertz CT molecular complexity index is 1190. The molecular formula is C22H16ClN3O. The van der Waals surface area contributed by atoms with Crippen LogP contribution in [0.5, 0.6) is 0 Å². The number of imidazole rings is 1. The summed E-state index contributed by atoms with van der Waals surface area (Å²) in [6, 6.07) is 21.1. The van der Waals surface area contributed by atoms with Gasteiger partial charge in [-0.05, 0) is 60.5 Å². The molecule has 0 fully saturated rings. The van der Waals surface area contributed by atoms with Crippen molar-refractivity contribution in [2.75, 3.05) is 0 Å². The Morgan fingerprint density at radius 1 is 1.11 bits per heavy atom. The fourth-order valence-corrected chi connectivity index (χ4v) is 3.36. The topological polar surface area (TPSA) is 61.8 Å². The number of benzene rings is 3. The van der Waals surface area contributed by atoms with Crippen LogP contribution in [0, 0.1) is 11.3 Å². The predicted molar refractivity (Wildman–Crippen MR) is 107 cm³/mol. The van der Waals surface area contributed by atoms with Gasteiger partial charge in [-0.15, -0.1) is 0 Å². The number of aliphatic hydroxyl groups excluding tert-OH is 1. The van der Waals surface area contributed by atoms with Crippen LogP contribution in [0.3, 0.4) is 0 Å². The fraction of sp³-hybridized carbons (Fsp3) is 0.0909. The molecule has 132 valence electrons. The number of hydrogen-bond donors (Lipinski definition) is 1. The lowest BCUT2D eigenvalue weighted by atomic mass is 10.0. The Kier molecular flexibility index (Phi) is 4.41. The quantitative estimate of drug-likeness (QED) is 0.532. The van der Waals surface area contributed by atoms with E-state index in [2.05, 4.69) is 11.1 Å². The number of hydrogen-bond acceptors (Lipinski definition) is 3. The molecule has 0 aliphatic carbocycles. The lowest BCUT2D eigenvalue weighted by molar-refractivity contribution is 0.199. The van der Waals surface area contributed by atoms with E-state index in [1.54, 1.807) is 31.5 Å². The zero-order valence-electron chi connectivity index (χ0n) is 14.6. The summed E-state index contributed by atoms with van der Waals surface area (Å²) < 4.78 is 1.99. The number of nitriles is 1. The van der Waals surface area contributed by atoms with Gasteiger partial charge in [-0.1, -0.05) is 29.8 Å². The van der Waals surface area contributed by atoms with Gasteiger partial charge in [-0.2, -0.15) is 5.26 Å². The van der Waals surface area contributed by atoms with Crippen LogP contribution in [0.15, 0.2) is 67.0 Å². The number of aromatic nitrogens is 2. The highest BCUT2D eigenvalue weighted by Crippen LogP contribution is 2.31. The van der Waals surface area contributed by atoms with E-state index in [0.29, 0.717) is 10.6 Å². The molecule has 1 unspecified atom stereocenters. The van der Waals surface area contributed by atoms with Crippen molar-refractivity contribution < 1.29 is 5.11 Å². The summed E-state index contributed by atoms with van der Waals surface area (Å²) in [6.07, 6.45) is 1.24. The zero-order chi connectivity index (χ0) is 19.0. The van der Waals surface area contributed by atoms with Crippen LogP contribution in [-0.2, 0) is 0 Å². The van der Waals surface area contributed by atoms with E-state index in [4.69, 9.17) is 16.9 Å². The third kappa shape index (κ3) is 3.19. The average molecular weight is 374 g/mol. The van der Waals surface area contributed by atoms with Gasteiger partial charge in [0.15, 0.2) is 0 Å². The molecule has 0 radical (unpaired) electrons. The Labute approximate surface area is 161 Å². The van der Waals surface area contributed by atoms with Gasteiger partial charge in [0.1, 0.15) is 6.33 Å². The van der Waals surface area contributed by atoms with Gasteiger partial charge in [-0.3, -0.25) is 4.57 Å². The van der Waals surface area contributed by atoms with Crippen molar-refractivity contribution in [2.24, 2.45) is 0 Å². The molecular weight excluding hydrogens is 358 g/mol. The van der Waals surface area contributed by atoms with Crippen molar-refractivity contribution in [3.63, 3.8) is 0 Å². The maximum atomic E-state index is 9.77. The van der Waals surface area contributed by atoms with Gasteiger partial charge < -0.3 is 5.11 Å². The first kappa shape index (κ1) is 17.3. The predicted octanol–water partition coefficient (Wildman–Crippen LogP) is 5.27. The Balaban J connectivity index is 1.82. The minimum absolute atomic E-state index is 0.530. The van der Waals surface area contributed by atoms with Crippen molar-refractivity contribution in [3.8, 4) is 22.9 Å². The molecule has 1 aromatic heterocycles. The van der Waals surface area contributed by atoms with Crippen molar-refractivity contribution in [3.05, 3.63) is 83.1 Å². The van der Waals surface area contributed by atoms with Gasteiger partial charge in [0, 0.05) is 16.3 Å². The first-order chi connectivity index (χ1) is 13.1. The Morgan fingerprint density at radius 3 is 2.74 bits per heavy atom. The number of rotatable bonds is 3. The lowest BCUT2D eigenvalue weighted by Crippen LogP contribution is -1.94. The maximum Gasteiger partial charge on any atom is 0.100 e. The molecule has 0 bridgehead atoms. The van der Waals surface area contributed by atoms with Gasteiger partial charge >= 0.3 is 0 Å². The van der Waals surface area contributed by atoms with Gasteiger partial charge in [-0.25, -0.2) is 4.98 Å². The molecule has 0 saturated heterocycles. The van der Waals surface area contributed by atoms with E-state index in [0.717, 1.165) is 33.4 Å². The monoisotopic (exact) mass is 373 g/mol. The van der Waals surface area contributed by atoms with Gasteiger partial charge in [0.25, 0.3) is 0 Å². The van der Waals surface area contributed by atoms with E-state index in [9.17, 15) is 5.11 Å². The molecule has 3 aromatic carbocycles. The summed E-state index contributed by atoms with van der Waals surface area (Å²) in [6.45, 7) is 1.74. The highest BCUT2D eigenvalue weighted by molar-refractivity contribution is 6.33. The number of aliphatic hydroxyl groups is 1. The zero-order valence-corrected chi connectivity index (χ0v) is 15.4. The number of halogens is 1. The average Bonchev–Trinajstić information content (AvgIpc) is 3.11. The normalized spacial score (nSPS) is 12.1. The molecule has 27 heavy (non-hydrogen) atoms. The molecule has 1 atom stereocenters. The van der Waals surface area contributed by atoms with Crippen LogP contribution < -0.4 is 0 Å². The van der Waals surface area contributed by atoms with E-state index in [1.807, 2.05) is 47.0 Å². The minimum atomic E-state index is -0.530. The molecule has 0 aliphatic rings. The van der Waals surface area contributed by atoms with E-state index in [1.165, 1.54) is 0 Å². The van der Waals surface area contributed by atoms with Gasteiger partial charge in [0.2, 0.25) is 0 Å². The van der Waals surface area contributed by atoms with Crippen LogP contribution in [0.2, 0.25) is 5.02 Å². The van der Waals surface area contributed by atoms with E-state index >= 15 is 0 Å². The summed E-state index contributed by atoms with van der Waals surface area (Å²) in [5, 5.41) is 19.5. The summed E-state index contributed by atoms with van der Waals surface area (Å²) in [4.78, 5) is 4.47. The highest BCUT2D eigenvalue weighted by atomic mass is 35.5. The third-order valence-electron chi connectivity index (χ3n) is 4.58. The van der Waals surface area contributed by atoms with E-state index in [-0.39, 0.29) is 0 Å². The molecule has 4 rings (SSSR count). The van der Waals surface area contributed by atoms with Crippen molar-refractivity contribution in [2.45, 2.75) is 13.0 Å². The van der Waals surface area contributed by atoms with Crippen LogP contribution >= 0.6 is 11.6 Å². The van der Waals surface area contributed by atoms with Crippen molar-refractivity contribution in [1.29, 1.82) is 5.26 Å². The summed E-state index contributed by atoms with van der Waals surface area (Å²) in [5.74, 6) is 0. The van der Waals surface area contributed by atoms with Crippen LogP contribution in [0.25, 0.3) is 27.8 Å². The summed E-state index contributed by atoms with van der Waals surface area (Å²) >= 11 is 6.35. The first-order valence-electron chi connectivity index (χ1n) is 8.52. The van der Waals surface area contributed by atoms with Crippen LogP contribution in [-0.4, -0.2) is 14.7 Å². The molecule has 4 aromatic rings. The highest BCUT2D eigenvalue weighted by Gasteiger charge is 2.10. The fourth-order valence-electron chi connectivity index (χ4n) is 3.13.